The standard InChI is InChI=1S/C14H24N2O2/c1-4-5-6-11-9-12(16-18-11)13(17)7-8-14(2,3)10-15/h9H,4-8,10,15H2,1-3H3. The number of nitrogens with zero attached hydrogens (tertiary/aromatic N) is 1. The smallest absolute Gasteiger partial charge is 0.184 e. The molecule has 0 unspecified atom stereocenters. The summed E-state index contributed by atoms with van der Waals surface area (Å²) in [7, 11) is 0. The molecule has 18 heavy (non-hydrogen) atoms. The fourth-order valence-electron chi connectivity index (χ4n) is 1.60. The first-order valence-corrected chi connectivity index (χ1v) is 6.67. The molecule has 0 bridgehead atoms. The molecule has 1 heterocycles. The third-order valence-electron chi connectivity index (χ3n) is 3.20. The second-order valence-corrected chi connectivity index (χ2v) is 5.57. The minimum absolute atomic E-state index is 0.00440. The van der Waals surface area contributed by atoms with Crippen LogP contribution in [0.4, 0.5) is 0 Å². The lowest BCUT2D eigenvalue weighted by Crippen LogP contribution is -2.24. The molecule has 0 saturated heterocycles. The maximum Gasteiger partial charge on any atom is 0.184 e. The van der Waals surface area contributed by atoms with Gasteiger partial charge in [-0.3, -0.25) is 4.79 Å². The molecule has 0 fully saturated rings. The summed E-state index contributed by atoms with van der Waals surface area (Å²) < 4.78 is 5.15. The number of Topliss-reactive ketones (excluding diaryl/α,β-unsaturated/α-hetero) is 1. The Hall–Kier alpha value is -1.16. The van der Waals surface area contributed by atoms with E-state index < -0.39 is 0 Å². The molecule has 1 aromatic rings. The molecule has 102 valence electrons. The van der Waals surface area contributed by atoms with Crippen molar-refractivity contribution in [3.63, 3.8) is 0 Å². The highest BCUT2D eigenvalue weighted by Gasteiger charge is 2.19. The highest BCUT2D eigenvalue weighted by Crippen LogP contribution is 2.21. The number of unbranched alkanes of at least 4 members (excludes halogenated alkanes) is 1. The van der Waals surface area contributed by atoms with Crippen molar-refractivity contribution in [3.05, 3.63) is 17.5 Å². The first kappa shape index (κ1) is 14.9. The van der Waals surface area contributed by atoms with E-state index in [2.05, 4.69) is 25.9 Å². The van der Waals surface area contributed by atoms with Crippen LogP contribution in [0.25, 0.3) is 0 Å². The predicted molar refractivity (Wildman–Crippen MR) is 71.5 cm³/mol. The van der Waals surface area contributed by atoms with Crippen LogP contribution in [0.5, 0.6) is 0 Å². The van der Waals surface area contributed by atoms with Crippen molar-refractivity contribution < 1.29 is 9.32 Å². The van der Waals surface area contributed by atoms with Crippen molar-refractivity contribution in [1.29, 1.82) is 0 Å². The van der Waals surface area contributed by atoms with E-state index in [1.807, 2.05) is 0 Å². The van der Waals surface area contributed by atoms with E-state index >= 15 is 0 Å². The topological polar surface area (TPSA) is 69.1 Å². The maximum atomic E-state index is 11.9. The van der Waals surface area contributed by atoms with Gasteiger partial charge in [0.05, 0.1) is 0 Å². The Balaban J connectivity index is 2.49. The summed E-state index contributed by atoms with van der Waals surface area (Å²) in [5.74, 6) is 0.848. The lowest BCUT2D eigenvalue weighted by Gasteiger charge is -2.21. The van der Waals surface area contributed by atoms with Crippen LogP contribution in [0, 0.1) is 5.41 Å². The van der Waals surface area contributed by atoms with E-state index in [-0.39, 0.29) is 11.2 Å². The SMILES string of the molecule is CCCCc1cc(C(=O)CCC(C)(C)CN)no1. The number of ketones is 1. The van der Waals surface area contributed by atoms with Gasteiger partial charge in [0, 0.05) is 18.9 Å². The summed E-state index contributed by atoms with van der Waals surface area (Å²) in [5.41, 5.74) is 6.10. The number of rotatable bonds is 8. The van der Waals surface area contributed by atoms with Crippen molar-refractivity contribution in [2.75, 3.05) is 6.54 Å². The monoisotopic (exact) mass is 252 g/mol. The number of hydrogen-bond donors (Lipinski definition) is 1. The fourth-order valence-corrected chi connectivity index (χ4v) is 1.60. The predicted octanol–water partition coefficient (Wildman–Crippen LogP) is 2.97. The Labute approximate surface area is 109 Å². The van der Waals surface area contributed by atoms with Crippen molar-refractivity contribution >= 4 is 5.78 Å². The molecular weight excluding hydrogens is 228 g/mol. The van der Waals surface area contributed by atoms with Crippen LogP contribution in [0.1, 0.15) is 62.7 Å². The third kappa shape index (κ3) is 4.61. The van der Waals surface area contributed by atoms with Gasteiger partial charge in [-0.05, 0) is 24.8 Å². The van der Waals surface area contributed by atoms with E-state index in [0.29, 0.717) is 18.7 Å². The average Bonchev–Trinajstić information content (AvgIpc) is 2.82. The summed E-state index contributed by atoms with van der Waals surface area (Å²) in [4.78, 5) is 11.9. The molecule has 0 aliphatic carbocycles. The number of aryl methyl sites for hydroxylation is 1. The number of aromatic nitrogens is 1. The van der Waals surface area contributed by atoms with Crippen LogP contribution < -0.4 is 5.73 Å². The molecule has 0 spiro atoms. The lowest BCUT2D eigenvalue weighted by atomic mass is 9.87. The van der Waals surface area contributed by atoms with E-state index in [1.165, 1.54) is 0 Å². The molecule has 0 aliphatic rings. The van der Waals surface area contributed by atoms with Crippen molar-refractivity contribution in [3.8, 4) is 0 Å². The molecular formula is C14H24N2O2. The molecule has 0 atom stereocenters. The van der Waals surface area contributed by atoms with Gasteiger partial charge in [-0.1, -0.05) is 32.3 Å². The Morgan fingerprint density at radius 2 is 2.22 bits per heavy atom. The zero-order valence-electron chi connectivity index (χ0n) is 11.7. The first-order chi connectivity index (χ1) is 8.48. The summed E-state index contributed by atoms with van der Waals surface area (Å²) >= 11 is 0. The van der Waals surface area contributed by atoms with Crippen LogP contribution >= 0.6 is 0 Å². The summed E-state index contributed by atoms with van der Waals surface area (Å²) in [6.45, 7) is 6.84. The van der Waals surface area contributed by atoms with E-state index in [4.69, 9.17) is 10.3 Å². The molecule has 0 amide bonds. The van der Waals surface area contributed by atoms with Gasteiger partial charge in [0.2, 0.25) is 0 Å². The summed E-state index contributed by atoms with van der Waals surface area (Å²) in [6.07, 6.45) is 4.27. The second-order valence-electron chi connectivity index (χ2n) is 5.57. The molecule has 4 heteroatoms. The molecule has 0 aromatic carbocycles. The van der Waals surface area contributed by atoms with Crippen LogP contribution in [-0.4, -0.2) is 17.5 Å². The normalized spacial score (nSPS) is 11.8. The van der Waals surface area contributed by atoms with Crippen LogP contribution in [0.15, 0.2) is 10.6 Å². The van der Waals surface area contributed by atoms with E-state index in [9.17, 15) is 4.79 Å². The summed E-state index contributed by atoms with van der Waals surface area (Å²) in [6, 6.07) is 1.77. The highest BCUT2D eigenvalue weighted by molar-refractivity contribution is 5.94. The number of hydrogen-bond acceptors (Lipinski definition) is 4. The average molecular weight is 252 g/mol. The van der Waals surface area contributed by atoms with Gasteiger partial charge in [-0.15, -0.1) is 0 Å². The maximum absolute atomic E-state index is 11.9. The molecule has 0 radical (unpaired) electrons. The zero-order chi connectivity index (χ0) is 13.6. The van der Waals surface area contributed by atoms with Gasteiger partial charge >= 0.3 is 0 Å². The largest absolute Gasteiger partial charge is 0.361 e. The zero-order valence-corrected chi connectivity index (χ0v) is 11.7. The fraction of sp³-hybridized carbons (Fsp3) is 0.714. The van der Waals surface area contributed by atoms with Crippen molar-refractivity contribution in [2.24, 2.45) is 11.1 Å². The number of carbonyl (C=O) groups excluding carboxylic acids is 1. The molecule has 4 nitrogen and oxygen atoms in total. The third-order valence-corrected chi connectivity index (χ3v) is 3.20. The van der Waals surface area contributed by atoms with Crippen LogP contribution in [0.3, 0.4) is 0 Å². The van der Waals surface area contributed by atoms with E-state index in [0.717, 1.165) is 31.4 Å². The van der Waals surface area contributed by atoms with Crippen molar-refractivity contribution in [1.82, 2.24) is 5.16 Å². The molecule has 2 N–H and O–H groups in total. The molecule has 0 aliphatic heterocycles. The molecule has 1 aromatic heterocycles. The Morgan fingerprint density at radius 1 is 1.50 bits per heavy atom. The van der Waals surface area contributed by atoms with Gasteiger partial charge in [0.1, 0.15) is 11.5 Å². The summed E-state index contributed by atoms with van der Waals surface area (Å²) in [5, 5.41) is 3.84. The molecule has 1 rings (SSSR count). The quantitative estimate of drug-likeness (QED) is 0.722. The van der Waals surface area contributed by atoms with Gasteiger partial charge in [0.15, 0.2) is 5.78 Å². The Bertz CT molecular complexity index is 383. The first-order valence-electron chi connectivity index (χ1n) is 6.67. The Kier molecular flexibility index (Phi) is 5.54. The Morgan fingerprint density at radius 3 is 2.83 bits per heavy atom. The highest BCUT2D eigenvalue weighted by atomic mass is 16.5. The van der Waals surface area contributed by atoms with Crippen molar-refractivity contribution in [2.45, 2.75) is 52.9 Å². The second kappa shape index (κ2) is 6.69. The van der Waals surface area contributed by atoms with Crippen LogP contribution in [-0.2, 0) is 6.42 Å². The van der Waals surface area contributed by atoms with Gasteiger partial charge in [-0.2, -0.15) is 0 Å². The lowest BCUT2D eigenvalue weighted by molar-refractivity contribution is 0.0955. The minimum atomic E-state index is 0.00440. The van der Waals surface area contributed by atoms with Crippen LogP contribution in [0.2, 0.25) is 0 Å². The molecule has 0 saturated carbocycles. The van der Waals surface area contributed by atoms with Gasteiger partial charge < -0.3 is 10.3 Å². The van der Waals surface area contributed by atoms with E-state index in [1.54, 1.807) is 6.07 Å². The number of nitrogens with two attached hydrogens (primary N) is 1. The number of carbonyl (C=O) groups is 1. The minimum Gasteiger partial charge on any atom is -0.361 e. The van der Waals surface area contributed by atoms with Gasteiger partial charge in [0.25, 0.3) is 0 Å². The van der Waals surface area contributed by atoms with Gasteiger partial charge in [-0.25, -0.2) is 0 Å².